The summed E-state index contributed by atoms with van der Waals surface area (Å²) in [5.74, 6) is -0.697. The van der Waals surface area contributed by atoms with Crippen LogP contribution in [0.15, 0.2) is 0 Å². The van der Waals surface area contributed by atoms with Gasteiger partial charge < -0.3 is 33.8 Å². The molecule has 0 fully saturated rings. The summed E-state index contributed by atoms with van der Waals surface area (Å²) in [7, 11) is -9.90. The number of phosphoric ester groups is 2. The normalized spacial score (nSPS) is 14.4. The van der Waals surface area contributed by atoms with Gasteiger partial charge in [-0.25, -0.2) is 9.13 Å². The van der Waals surface area contributed by atoms with Gasteiger partial charge in [0.2, 0.25) is 0 Å². The van der Waals surface area contributed by atoms with Gasteiger partial charge in [0, 0.05) is 25.7 Å². The zero-order chi connectivity index (χ0) is 67.2. The van der Waals surface area contributed by atoms with Gasteiger partial charge in [-0.15, -0.1) is 0 Å². The summed E-state index contributed by atoms with van der Waals surface area (Å²) < 4.78 is 68.3. The Morgan fingerprint density at radius 3 is 0.835 bits per heavy atom. The molecule has 91 heavy (non-hydrogen) atoms. The zero-order valence-corrected chi connectivity index (χ0v) is 60.9. The lowest BCUT2D eigenvalue weighted by Crippen LogP contribution is -2.30. The molecule has 3 N–H and O–H groups in total. The highest BCUT2D eigenvalue weighted by molar-refractivity contribution is 7.47. The maximum absolute atomic E-state index is 13.0. The molecule has 0 amide bonds. The third kappa shape index (κ3) is 65.1. The number of aliphatic hydroxyl groups is 1. The molecule has 0 aromatic rings. The highest BCUT2D eigenvalue weighted by Gasteiger charge is 2.30. The average molecular weight is 1340 g/mol. The topological polar surface area (TPSA) is 237 Å². The fourth-order valence-electron chi connectivity index (χ4n) is 10.9. The van der Waals surface area contributed by atoms with E-state index in [1.165, 1.54) is 180 Å². The molecule has 0 saturated carbocycles. The van der Waals surface area contributed by atoms with E-state index in [0.717, 1.165) is 102 Å². The van der Waals surface area contributed by atoms with Gasteiger partial charge in [-0.1, -0.05) is 318 Å². The number of hydrogen-bond acceptors (Lipinski definition) is 15. The summed E-state index contributed by atoms with van der Waals surface area (Å²) in [5.41, 5.74) is 0. The molecule has 0 rings (SSSR count). The Bertz CT molecular complexity index is 1770. The van der Waals surface area contributed by atoms with Crippen LogP contribution in [-0.4, -0.2) is 96.7 Å². The fraction of sp³-hybridized carbons (Fsp3) is 0.944. The van der Waals surface area contributed by atoms with Crippen molar-refractivity contribution >= 4 is 39.5 Å². The van der Waals surface area contributed by atoms with Crippen LogP contribution in [0.1, 0.15) is 369 Å². The Balaban J connectivity index is 5.23. The summed E-state index contributed by atoms with van der Waals surface area (Å²) in [5, 5.41) is 10.6. The largest absolute Gasteiger partial charge is 0.472 e. The second kappa shape index (κ2) is 64.1. The van der Waals surface area contributed by atoms with Gasteiger partial charge in [0.25, 0.3) is 0 Å². The minimum Gasteiger partial charge on any atom is -0.462 e. The molecular weight excluding hydrogens is 1200 g/mol. The summed E-state index contributed by atoms with van der Waals surface area (Å²) in [4.78, 5) is 72.6. The molecule has 0 spiro atoms. The van der Waals surface area contributed by atoms with E-state index in [4.69, 9.17) is 37.0 Å². The molecule has 0 aliphatic heterocycles. The second-order valence-electron chi connectivity index (χ2n) is 26.7. The van der Waals surface area contributed by atoms with E-state index in [0.29, 0.717) is 31.6 Å². The molecule has 540 valence electrons. The molecule has 0 saturated heterocycles. The molecule has 0 bridgehead atoms. The Hall–Kier alpha value is -1.94. The van der Waals surface area contributed by atoms with Crippen LogP contribution in [0.5, 0.6) is 0 Å². The molecule has 0 aromatic heterocycles. The van der Waals surface area contributed by atoms with Crippen LogP contribution < -0.4 is 0 Å². The number of esters is 4. The first-order chi connectivity index (χ1) is 43.9. The number of ether oxygens (including phenoxy) is 4. The number of phosphoric acid groups is 2. The highest BCUT2D eigenvalue weighted by Crippen LogP contribution is 2.45. The van der Waals surface area contributed by atoms with Crippen LogP contribution >= 0.6 is 15.6 Å². The van der Waals surface area contributed by atoms with Crippen LogP contribution in [0.4, 0.5) is 0 Å². The SMILES string of the molecule is CCCCCCCCCCCCCCCCCCCC(=O)O[C@H](COC(=O)CCCCCCCCCCCCCCCC)COP(=O)(O)OC[C@@H](O)COP(=O)(O)OC[C@@H](COC(=O)CCCCCCCCC(C)CC)OC(=O)CCCCCCCCCC(C)C. The van der Waals surface area contributed by atoms with Crippen molar-refractivity contribution in [2.75, 3.05) is 39.6 Å². The number of hydrogen-bond donors (Lipinski definition) is 3. The van der Waals surface area contributed by atoms with E-state index in [2.05, 4.69) is 41.5 Å². The van der Waals surface area contributed by atoms with E-state index in [1.807, 2.05) is 0 Å². The molecule has 0 heterocycles. The molecule has 0 aliphatic rings. The van der Waals surface area contributed by atoms with E-state index in [-0.39, 0.29) is 25.7 Å². The Labute approximate surface area is 556 Å². The third-order valence-electron chi connectivity index (χ3n) is 17.1. The van der Waals surface area contributed by atoms with E-state index < -0.39 is 97.5 Å². The molecule has 0 aliphatic carbocycles. The minimum atomic E-state index is -4.95. The van der Waals surface area contributed by atoms with Gasteiger partial charge in [0.1, 0.15) is 19.3 Å². The Kier molecular flexibility index (Phi) is 62.7. The Morgan fingerprint density at radius 2 is 0.560 bits per heavy atom. The predicted molar refractivity (Wildman–Crippen MR) is 368 cm³/mol. The van der Waals surface area contributed by atoms with Crippen molar-refractivity contribution < 1.29 is 80.2 Å². The average Bonchev–Trinajstić information content (AvgIpc) is 3.42. The molecule has 17 nitrogen and oxygen atoms in total. The number of unbranched alkanes of at least 4 members (excludes halogenated alkanes) is 40. The van der Waals surface area contributed by atoms with Crippen LogP contribution in [0.2, 0.25) is 0 Å². The zero-order valence-electron chi connectivity index (χ0n) is 59.1. The summed E-state index contributed by atoms with van der Waals surface area (Å²) in [6, 6.07) is 0. The van der Waals surface area contributed by atoms with Crippen LogP contribution in [0, 0.1) is 11.8 Å². The molecule has 19 heteroatoms. The molecular formula is C72H140O17P2. The number of carbonyl (C=O) groups is 4. The van der Waals surface area contributed by atoms with Crippen molar-refractivity contribution in [1.82, 2.24) is 0 Å². The van der Waals surface area contributed by atoms with Crippen molar-refractivity contribution in [2.24, 2.45) is 11.8 Å². The maximum atomic E-state index is 13.0. The Morgan fingerprint density at radius 1 is 0.319 bits per heavy atom. The summed E-state index contributed by atoms with van der Waals surface area (Å²) >= 11 is 0. The first kappa shape index (κ1) is 89.1. The molecule has 0 aromatic carbocycles. The van der Waals surface area contributed by atoms with E-state index >= 15 is 0 Å². The van der Waals surface area contributed by atoms with Gasteiger partial charge in [-0.3, -0.25) is 37.3 Å². The third-order valence-corrected chi connectivity index (χ3v) is 19.0. The lowest BCUT2D eigenvalue weighted by Gasteiger charge is -2.21. The minimum absolute atomic E-state index is 0.103. The highest BCUT2D eigenvalue weighted by atomic mass is 31.2. The van der Waals surface area contributed by atoms with Crippen molar-refractivity contribution in [3.8, 4) is 0 Å². The quantitative estimate of drug-likeness (QED) is 0.0222. The van der Waals surface area contributed by atoms with Crippen molar-refractivity contribution in [3.05, 3.63) is 0 Å². The lowest BCUT2D eigenvalue weighted by molar-refractivity contribution is -0.161. The first-order valence-electron chi connectivity index (χ1n) is 37.5. The van der Waals surface area contributed by atoms with Gasteiger partial charge in [0.15, 0.2) is 12.2 Å². The smallest absolute Gasteiger partial charge is 0.462 e. The fourth-order valence-corrected chi connectivity index (χ4v) is 12.5. The van der Waals surface area contributed by atoms with Gasteiger partial charge >= 0.3 is 39.5 Å². The standard InChI is InChI=1S/C72H140O17P2/c1-7-10-12-14-16-18-20-22-24-25-26-28-30-32-36-44-50-56-71(76)88-67(60-82-69(74)54-48-42-35-31-29-27-23-21-19-17-15-13-11-8-2)62-86-90(78,79)84-58-66(73)59-85-91(80,81)87-63-68(89-72(77)57-51-45-37-33-34-40-46-52-64(4)5)61-83-70(75)55-49-43-39-38-41-47-53-65(6)9-3/h64-68,73H,7-63H2,1-6H3,(H,78,79)(H,80,81)/t65?,66-,67-,68-/m1/s1. The van der Waals surface area contributed by atoms with E-state index in [9.17, 15) is 43.2 Å². The second-order valence-corrected chi connectivity index (χ2v) is 29.6. The maximum Gasteiger partial charge on any atom is 0.472 e. The number of carbonyl (C=O) groups excluding carboxylic acids is 4. The summed E-state index contributed by atoms with van der Waals surface area (Å²) in [6.07, 6.45) is 50.1. The van der Waals surface area contributed by atoms with E-state index in [1.54, 1.807) is 0 Å². The summed E-state index contributed by atoms with van der Waals surface area (Å²) in [6.45, 7) is 9.46. The van der Waals surface area contributed by atoms with Crippen molar-refractivity contribution in [1.29, 1.82) is 0 Å². The molecule has 0 radical (unpaired) electrons. The molecule has 3 unspecified atom stereocenters. The first-order valence-corrected chi connectivity index (χ1v) is 40.5. The lowest BCUT2D eigenvalue weighted by atomic mass is 10.00. The number of rotatable bonds is 71. The van der Waals surface area contributed by atoms with Crippen LogP contribution in [-0.2, 0) is 65.4 Å². The van der Waals surface area contributed by atoms with Gasteiger partial charge in [-0.05, 0) is 37.5 Å². The van der Waals surface area contributed by atoms with Gasteiger partial charge in [-0.2, -0.15) is 0 Å². The molecule has 6 atom stereocenters. The monoisotopic (exact) mass is 1340 g/mol. The van der Waals surface area contributed by atoms with Gasteiger partial charge in [0.05, 0.1) is 26.4 Å². The predicted octanol–water partition coefficient (Wildman–Crippen LogP) is 20.8. The number of aliphatic hydroxyl groups excluding tert-OH is 1. The van der Waals surface area contributed by atoms with Crippen molar-refractivity contribution in [2.45, 2.75) is 387 Å². The van der Waals surface area contributed by atoms with Crippen molar-refractivity contribution in [3.63, 3.8) is 0 Å². The van der Waals surface area contributed by atoms with Crippen LogP contribution in [0.25, 0.3) is 0 Å². The van der Waals surface area contributed by atoms with Crippen LogP contribution in [0.3, 0.4) is 0 Å².